The minimum Gasteiger partial charge on any atom is -0.378 e. The third-order valence-electron chi connectivity index (χ3n) is 3.84. The standard InChI is InChI=1S/C12H22N2O/c1-13-7-10-5-3-4-6-12(10)14(2)11-8-15-9-11/h7,10-12H,3-6,8-9H2,1-2H3/t10?,12-/m0/s1. The first-order valence-electron chi connectivity index (χ1n) is 6.05. The van der Waals surface area contributed by atoms with Crippen LogP contribution in [0.4, 0.5) is 0 Å². The van der Waals surface area contributed by atoms with Gasteiger partial charge in [0.05, 0.1) is 19.3 Å². The first kappa shape index (κ1) is 11.1. The SMILES string of the molecule is CN=CC1CCCC[C@@H]1N(C)C1COC1. The molecule has 1 heterocycles. The Kier molecular flexibility index (Phi) is 3.76. The van der Waals surface area contributed by atoms with Crippen LogP contribution >= 0.6 is 0 Å². The van der Waals surface area contributed by atoms with Crippen molar-refractivity contribution in [3.05, 3.63) is 0 Å². The molecule has 2 aliphatic rings. The number of nitrogens with zero attached hydrogens (tertiary/aromatic N) is 2. The summed E-state index contributed by atoms with van der Waals surface area (Å²) in [6.45, 7) is 1.84. The molecule has 2 rings (SSSR count). The van der Waals surface area contributed by atoms with Gasteiger partial charge in [-0.15, -0.1) is 0 Å². The Hall–Kier alpha value is -0.410. The maximum atomic E-state index is 5.27. The van der Waals surface area contributed by atoms with Crippen LogP contribution in [0.2, 0.25) is 0 Å². The van der Waals surface area contributed by atoms with E-state index in [4.69, 9.17) is 4.74 Å². The van der Waals surface area contributed by atoms with E-state index >= 15 is 0 Å². The van der Waals surface area contributed by atoms with Gasteiger partial charge in [0, 0.05) is 25.2 Å². The zero-order chi connectivity index (χ0) is 10.7. The molecular formula is C12H22N2O. The van der Waals surface area contributed by atoms with Crippen LogP contribution < -0.4 is 0 Å². The molecule has 0 aromatic carbocycles. The first-order valence-corrected chi connectivity index (χ1v) is 6.05. The highest BCUT2D eigenvalue weighted by Crippen LogP contribution is 2.29. The summed E-state index contributed by atoms with van der Waals surface area (Å²) in [5, 5.41) is 0. The lowest BCUT2D eigenvalue weighted by Crippen LogP contribution is -2.54. The van der Waals surface area contributed by atoms with E-state index in [1.165, 1.54) is 25.7 Å². The predicted molar refractivity (Wildman–Crippen MR) is 62.5 cm³/mol. The quantitative estimate of drug-likeness (QED) is 0.661. The number of likely N-dealkylation sites (N-methyl/N-ethyl adjacent to an activating group) is 1. The molecule has 3 nitrogen and oxygen atoms in total. The normalized spacial score (nSPS) is 33.5. The molecular weight excluding hydrogens is 188 g/mol. The van der Waals surface area contributed by atoms with Crippen molar-refractivity contribution in [3.8, 4) is 0 Å². The molecule has 86 valence electrons. The van der Waals surface area contributed by atoms with E-state index in [9.17, 15) is 0 Å². The summed E-state index contributed by atoms with van der Waals surface area (Å²) in [6.07, 6.45) is 7.52. The van der Waals surface area contributed by atoms with Gasteiger partial charge in [0.2, 0.25) is 0 Å². The zero-order valence-electron chi connectivity index (χ0n) is 9.85. The molecule has 2 fully saturated rings. The van der Waals surface area contributed by atoms with Crippen molar-refractivity contribution in [3.63, 3.8) is 0 Å². The summed E-state index contributed by atoms with van der Waals surface area (Å²) < 4.78 is 5.27. The fourth-order valence-corrected chi connectivity index (χ4v) is 2.74. The monoisotopic (exact) mass is 210 g/mol. The molecule has 0 amide bonds. The maximum absolute atomic E-state index is 5.27. The largest absolute Gasteiger partial charge is 0.378 e. The smallest absolute Gasteiger partial charge is 0.0645 e. The van der Waals surface area contributed by atoms with Gasteiger partial charge in [-0.1, -0.05) is 12.8 Å². The molecule has 0 N–H and O–H groups in total. The summed E-state index contributed by atoms with van der Waals surface area (Å²) in [5.41, 5.74) is 0. The number of hydrogen-bond donors (Lipinski definition) is 0. The van der Waals surface area contributed by atoms with E-state index < -0.39 is 0 Å². The van der Waals surface area contributed by atoms with Crippen LogP contribution in [0.15, 0.2) is 4.99 Å². The topological polar surface area (TPSA) is 24.8 Å². The van der Waals surface area contributed by atoms with Gasteiger partial charge in [0.15, 0.2) is 0 Å². The molecule has 1 saturated heterocycles. The number of rotatable bonds is 3. The van der Waals surface area contributed by atoms with Crippen LogP contribution in [0, 0.1) is 5.92 Å². The van der Waals surface area contributed by atoms with Crippen LogP contribution in [0.1, 0.15) is 25.7 Å². The van der Waals surface area contributed by atoms with E-state index in [1.54, 1.807) is 0 Å². The van der Waals surface area contributed by atoms with Crippen LogP contribution in [0.3, 0.4) is 0 Å². The molecule has 1 unspecified atom stereocenters. The molecule has 1 saturated carbocycles. The van der Waals surface area contributed by atoms with Gasteiger partial charge < -0.3 is 9.73 Å². The van der Waals surface area contributed by atoms with Gasteiger partial charge in [-0.25, -0.2) is 0 Å². The third-order valence-corrected chi connectivity index (χ3v) is 3.84. The van der Waals surface area contributed by atoms with Crippen molar-refractivity contribution in [1.29, 1.82) is 0 Å². The molecule has 0 radical (unpaired) electrons. The average molecular weight is 210 g/mol. The highest BCUT2D eigenvalue weighted by molar-refractivity contribution is 5.61. The van der Waals surface area contributed by atoms with Crippen molar-refractivity contribution in [1.82, 2.24) is 4.90 Å². The Bertz CT molecular complexity index is 226. The van der Waals surface area contributed by atoms with Crippen molar-refractivity contribution in [2.75, 3.05) is 27.3 Å². The highest BCUT2D eigenvalue weighted by atomic mass is 16.5. The van der Waals surface area contributed by atoms with Crippen molar-refractivity contribution >= 4 is 6.21 Å². The Labute approximate surface area is 92.5 Å². The van der Waals surface area contributed by atoms with Gasteiger partial charge >= 0.3 is 0 Å². The Balaban J connectivity index is 1.96. The van der Waals surface area contributed by atoms with Gasteiger partial charge in [-0.05, 0) is 19.9 Å². The molecule has 0 aromatic heterocycles. The van der Waals surface area contributed by atoms with Gasteiger partial charge in [0.25, 0.3) is 0 Å². The highest BCUT2D eigenvalue weighted by Gasteiger charge is 2.33. The second-order valence-electron chi connectivity index (χ2n) is 4.78. The Morgan fingerprint density at radius 1 is 1.27 bits per heavy atom. The molecule has 15 heavy (non-hydrogen) atoms. The molecule has 1 aliphatic heterocycles. The third kappa shape index (κ3) is 2.40. The lowest BCUT2D eigenvalue weighted by atomic mass is 9.83. The molecule has 0 bridgehead atoms. The maximum Gasteiger partial charge on any atom is 0.0645 e. The first-order chi connectivity index (χ1) is 7.33. The summed E-state index contributed by atoms with van der Waals surface area (Å²) >= 11 is 0. The van der Waals surface area contributed by atoms with Gasteiger partial charge in [0.1, 0.15) is 0 Å². The lowest BCUT2D eigenvalue weighted by molar-refractivity contribution is -0.0769. The predicted octanol–water partition coefficient (Wildman–Crippen LogP) is 1.58. The Morgan fingerprint density at radius 2 is 2.00 bits per heavy atom. The van der Waals surface area contributed by atoms with Crippen LogP contribution in [0.5, 0.6) is 0 Å². The van der Waals surface area contributed by atoms with Gasteiger partial charge in [-0.3, -0.25) is 4.90 Å². The van der Waals surface area contributed by atoms with E-state index in [1.807, 2.05) is 7.05 Å². The fraction of sp³-hybridized carbons (Fsp3) is 0.917. The van der Waals surface area contributed by atoms with Crippen molar-refractivity contribution < 1.29 is 4.74 Å². The number of hydrogen-bond acceptors (Lipinski definition) is 3. The van der Waals surface area contributed by atoms with Gasteiger partial charge in [-0.2, -0.15) is 0 Å². The summed E-state index contributed by atoms with van der Waals surface area (Å²) in [5.74, 6) is 0.661. The van der Waals surface area contributed by atoms with Crippen LogP contribution in [-0.2, 0) is 4.74 Å². The summed E-state index contributed by atoms with van der Waals surface area (Å²) in [7, 11) is 4.14. The summed E-state index contributed by atoms with van der Waals surface area (Å²) in [6, 6.07) is 1.34. The molecule has 0 aromatic rings. The van der Waals surface area contributed by atoms with E-state index in [0.717, 1.165) is 13.2 Å². The minimum atomic E-state index is 0.654. The van der Waals surface area contributed by atoms with E-state index in [0.29, 0.717) is 18.0 Å². The van der Waals surface area contributed by atoms with Crippen LogP contribution in [-0.4, -0.2) is 50.5 Å². The number of aliphatic imine (C=N–C) groups is 1. The molecule has 3 heteroatoms. The average Bonchev–Trinajstić information content (AvgIpc) is 2.16. The summed E-state index contributed by atoms with van der Waals surface area (Å²) in [4.78, 5) is 6.74. The van der Waals surface area contributed by atoms with Crippen molar-refractivity contribution in [2.24, 2.45) is 10.9 Å². The van der Waals surface area contributed by atoms with Crippen LogP contribution in [0.25, 0.3) is 0 Å². The molecule has 2 atom stereocenters. The molecule has 1 aliphatic carbocycles. The second kappa shape index (κ2) is 5.08. The minimum absolute atomic E-state index is 0.654. The Morgan fingerprint density at radius 3 is 2.60 bits per heavy atom. The fourth-order valence-electron chi connectivity index (χ4n) is 2.74. The van der Waals surface area contributed by atoms with Crippen molar-refractivity contribution in [2.45, 2.75) is 37.8 Å². The zero-order valence-corrected chi connectivity index (χ0v) is 9.85. The van der Waals surface area contributed by atoms with E-state index in [2.05, 4.69) is 23.2 Å². The second-order valence-corrected chi connectivity index (χ2v) is 4.78. The number of ether oxygens (including phenoxy) is 1. The molecule has 0 spiro atoms. The lowest BCUT2D eigenvalue weighted by Gasteiger charge is -2.43. The van der Waals surface area contributed by atoms with E-state index in [-0.39, 0.29) is 0 Å².